The standard InChI is InChI=1S/C19H23N5O/c1-13-4-5-18(23-22-13)21-15-6-9-24(10-7-15)19(25)17-11-16(17)14-3-2-8-20-12-14/h2-5,8,12,15-17H,6-7,9-11H2,1H3,(H,21,23)/t16-,17+/m1/s1. The summed E-state index contributed by atoms with van der Waals surface area (Å²) in [4.78, 5) is 18.9. The van der Waals surface area contributed by atoms with Crippen LogP contribution < -0.4 is 5.32 Å². The Kier molecular flexibility index (Phi) is 4.34. The molecule has 1 saturated heterocycles. The minimum atomic E-state index is 0.150. The topological polar surface area (TPSA) is 71.0 Å². The number of rotatable bonds is 4. The van der Waals surface area contributed by atoms with Gasteiger partial charge in [-0.2, -0.15) is 5.10 Å². The molecular formula is C19H23N5O. The predicted octanol–water partition coefficient (Wildman–Crippen LogP) is 2.39. The van der Waals surface area contributed by atoms with Gasteiger partial charge < -0.3 is 10.2 Å². The maximum Gasteiger partial charge on any atom is 0.226 e. The van der Waals surface area contributed by atoms with E-state index < -0.39 is 0 Å². The molecule has 1 N–H and O–H groups in total. The first-order valence-electron chi connectivity index (χ1n) is 8.96. The van der Waals surface area contributed by atoms with Crippen molar-refractivity contribution in [3.63, 3.8) is 0 Å². The van der Waals surface area contributed by atoms with Gasteiger partial charge >= 0.3 is 0 Å². The van der Waals surface area contributed by atoms with Crippen LogP contribution >= 0.6 is 0 Å². The van der Waals surface area contributed by atoms with E-state index in [1.807, 2.05) is 36.2 Å². The van der Waals surface area contributed by atoms with Crippen molar-refractivity contribution in [2.24, 2.45) is 5.92 Å². The Morgan fingerprint density at radius 2 is 2.04 bits per heavy atom. The lowest BCUT2D eigenvalue weighted by molar-refractivity contribution is -0.133. The third-order valence-corrected chi connectivity index (χ3v) is 5.18. The van der Waals surface area contributed by atoms with E-state index in [2.05, 4.69) is 26.6 Å². The summed E-state index contributed by atoms with van der Waals surface area (Å²) < 4.78 is 0. The Balaban J connectivity index is 1.27. The zero-order chi connectivity index (χ0) is 17.2. The fourth-order valence-electron chi connectivity index (χ4n) is 3.60. The number of nitrogens with one attached hydrogen (secondary N) is 1. The molecule has 1 amide bonds. The zero-order valence-electron chi connectivity index (χ0n) is 14.4. The molecule has 0 unspecified atom stereocenters. The van der Waals surface area contributed by atoms with Crippen LogP contribution in [-0.2, 0) is 4.79 Å². The third kappa shape index (κ3) is 3.62. The van der Waals surface area contributed by atoms with E-state index in [1.54, 1.807) is 6.20 Å². The summed E-state index contributed by atoms with van der Waals surface area (Å²) in [6, 6.07) is 8.29. The number of piperidine rings is 1. The van der Waals surface area contributed by atoms with Crippen LogP contribution in [0.15, 0.2) is 36.7 Å². The highest BCUT2D eigenvalue weighted by Crippen LogP contribution is 2.48. The van der Waals surface area contributed by atoms with Crippen molar-refractivity contribution >= 4 is 11.7 Å². The van der Waals surface area contributed by atoms with Crippen LogP contribution in [0, 0.1) is 12.8 Å². The summed E-state index contributed by atoms with van der Waals surface area (Å²) in [6.07, 6.45) is 6.52. The monoisotopic (exact) mass is 337 g/mol. The zero-order valence-corrected chi connectivity index (χ0v) is 14.4. The number of likely N-dealkylation sites (tertiary alicyclic amines) is 1. The summed E-state index contributed by atoms with van der Waals surface area (Å²) in [5.41, 5.74) is 2.11. The van der Waals surface area contributed by atoms with E-state index in [9.17, 15) is 4.79 Å². The number of carbonyl (C=O) groups excluding carboxylic acids is 1. The molecule has 130 valence electrons. The molecule has 3 heterocycles. The molecule has 1 saturated carbocycles. The third-order valence-electron chi connectivity index (χ3n) is 5.18. The average molecular weight is 337 g/mol. The van der Waals surface area contributed by atoms with Crippen molar-refractivity contribution in [1.82, 2.24) is 20.1 Å². The number of amides is 1. The van der Waals surface area contributed by atoms with Crippen LogP contribution in [0.4, 0.5) is 5.82 Å². The summed E-state index contributed by atoms with van der Waals surface area (Å²) in [6.45, 7) is 3.55. The number of hydrogen-bond donors (Lipinski definition) is 1. The second kappa shape index (κ2) is 6.78. The van der Waals surface area contributed by atoms with E-state index in [1.165, 1.54) is 5.56 Å². The minimum absolute atomic E-state index is 0.150. The average Bonchev–Trinajstić information content (AvgIpc) is 3.45. The Bertz CT molecular complexity index is 725. The Morgan fingerprint density at radius 1 is 1.20 bits per heavy atom. The fraction of sp³-hybridized carbons (Fsp3) is 0.474. The van der Waals surface area contributed by atoms with Crippen LogP contribution in [-0.4, -0.2) is 45.1 Å². The molecule has 6 heteroatoms. The molecule has 2 aromatic heterocycles. The number of pyridine rings is 1. The first-order chi connectivity index (χ1) is 12.2. The maximum absolute atomic E-state index is 12.7. The molecule has 25 heavy (non-hydrogen) atoms. The van der Waals surface area contributed by atoms with Crippen LogP contribution in [0.3, 0.4) is 0 Å². The molecule has 2 atom stereocenters. The second-order valence-electron chi connectivity index (χ2n) is 7.04. The molecule has 1 aliphatic heterocycles. The first kappa shape index (κ1) is 16.0. The van der Waals surface area contributed by atoms with E-state index in [-0.39, 0.29) is 5.92 Å². The van der Waals surface area contributed by atoms with Gasteiger partial charge in [-0.1, -0.05) is 6.07 Å². The summed E-state index contributed by atoms with van der Waals surface area (Å²) in [5.74, 6) is 1.63. The Labute approximate surface area is 147 Å². The van der Waals surface area contributed by atoms with Gasteiger partial charge in [0.25, 0.3) is 0 Å². The van der Waals surface area contributed by atoms with Crippen LogP contribution in [0.2, 0.25) is 0 Å². The normalized spacial score (nSPS) is 23.3. The smallest absolute Gasteiger partial charge is 0.226 e. The highest BCUT2D eigenvalue weighted by molar-refractivity contribution is 5.83. The lowest BCUT2D eigenvalue weighted by Crippen LogP contribution is -2.43. The number of aromatic nitrogens is 3. The van der Waals surface area contributed by atoms with Crippen LogP contribution in [0.1, 0.15) is 36.4 Å². The lowest BCUT2D eigenvalue weighted by atomic mass is 10.0. The highest BCUT2D eigenvalue weighted by Gasteiger charge is 2.46. The SMILES string of the molecule is Cc1ccc(NC2CCN(C(=O)[C@H]3C[C@@H]3c3cccnc3)CC2)nn1. The van der Waals surface area contributed by atoms with Gasteiger partial charge in [-0.25, -0.2) is 0 Å². The quantitative estimate of drug-likeness (QED) is 0.927. The van der Waals surface area contributed by atoms with Crippen molar-refractivity contribution in [2.75, 3.05) is 18.4 Å². The molecular weight excluding hydrogens is 314 g/mol. The Morgan fingerprint density at radius 3 is 2.72 bits per heavy atom. The van der Waals surface area contributed by atoms with Gasteiger partial charge in [-0.3, -0.25) is 9.78 Å². The number of anilines is 1. The molecule has 0 aromatic carbocycles. The van der Waals surface area contributed by atoms with Crippen LogP contribution in [0.5, 0.6) is 0 Å². The van der Waals surface area contributed by atoms with Crippen molar-refractivity contribution in [3.8, 4) is 0 Å². The van der Waals surface area contributed by atoms with Gasteiger partial charge in [-0.15, -0.1) is 5.10 Å². The second-order valence-corrected chi connectivity index (χ2v) is 7.04. The van der Waals surface area contributed by atoms with Crippen molar-refractivity contribution in [1.29, 1.82) is 0 Å². The molecule has 4 rings (SSSR count). The molecule has 0 bridgehead atoms. The van der Waals surface area contributed by atoms with E-state index in [0.29, 0.717) is 17.9 Å². The lowest BCUT2D eigenvalue weighted by Gasteiger charge is -2.32. The Hall–Kier alpha value is -2.50. The minimum Gasteiger partial charge on any atom is -0.366 e. The number of hydrogen-bond acceptors (Lipinski definition) is 5. The van der Waals surface area contributed by atoms with Gasteiger partial charge in [0.2, 0.25) is 5.91 Å². The van der Waals surface area contributed by atoms with E-state index >= 15 is 0 Å². The summed E-state index contributed by atoms with van der Waals surface area (Å²) in [7, 11) is 0. The van der Waals surface area contributed by atoms with Gasteiger partial charge in [0.15, 0.2) is 0 Å². The molecule has 2 aliphatic rings. The molecule has 0 radical (unpaired) electrons. The fourth-order valence-corrected chi connectivity index (χ4v) is 3.60. The molecule has 0 spiro atoms. The molecule has 2 aromatic rings. The predicted molar refractivity (Wildman–Crippen MR) is 95.1 cm³/mol. The van der Waals surface area contributed by atoms with Gasteiger partial charge in [0.1, 0.15) is 5.82 Å². The van der Waals surface area contributed by atoms with Gasteiger partial charge in [0, 0.05) is 37.4 Å². The summed E-state index contributed by atoms with van der Waals surface area (Å²) >= 11 is 0. The number of carbonyl (C=O) groups is 1. The van der Waals surface area contributed by atoms with Gasteiger partial charge in [0.05, 0.1) is 5.69 Å². The number of nitrogens with zero attached hydrogens (tertiary/aromatic N) is 4. The maximum atomic E-state index is 12.7. The molecule has 6 nitrogen and oxygen atoms in total. The van der Waals surface area contributed by atoms with Crippen molar-refractivity contribution in [3.05, 3.63) is 47.9 Å². The van der Waals surface area contributed by atoms with Crippen LogP contribution in [0.25, 0.3) is 0 Å². The molecule has 2 fully saturated rings. The largest absolute Gasteiger partial charge is 0.366 e. The van der Waals surface area contributed by atoms with Crippen molar-refractivity contribution < 1.29 is 4.79 Å². The summed E-state index contributed by atoms with van der Waals surface area (Å²) in [5, 5.41) is 11.7. The van der Waals surface area contributed by atoms with Gasteiger partial charge in [-0.05, 0) is 55.9 Å². The number of aryl methyl sites for hydroxylation is 1. The molecule has 1 aliphatic carbocycles. The van der Waals surface area contributed by atoms with E-state index in [0.717, 1.165) is 43.9 Å². The highest BCUT2D eigenvalue weighted by atomic mass is 16.2. The first-order valence-corrected chi connectivity index (χ1v) is 8.96. The van der Waals surface area contributed by atoms with E-state index in [4.69, 9.17) is 0 Å². The van der Waals surface area contributed by atoms with Crippen molar-refractivity contribution in [2.45, 2.75) is 38.1 Å².